The van der Waals surface area contributed by atoms with Gasteiger partial charge in [-0.05, 0) is 42.7 Å². The second-order valence-electron chi connectivity index (χ2n) is 6.42. The van der Waals surface area contributed by atoms with Gasteiger partial charge in [0, 0.05) is 5.02 Å². The first-order valence-corrected chi connectivity index (χ1v) is 8.90. The minimum absolute atomic E-state index is 0.230. The maximum Gasteiger partial charge on any atom is 0.253 e. The van der Waals surface area contributed by atoms with Gasteiger partial charge in [-0.3, -0.25) is 4.79 Å². The first kappa shape index (κ1) is 17.8. The van der Waals surface area contributed by atoms with Crippen molar-refractivity contribution in [3.8, 4) is 0 Å². The summed E-state index contributed by atoms with van der Waals surface area (Å²) in [6, 6.07) is 12.4. The summed E-state index contributed by atoms with van der Waals surface area (Å²) < 4.78 is 0. The summed E-state index contributed by atoms with van der Waals surface area (Å²) >= 11 is 12.1. The highest BCUT2D eigenvalue weighted by atomic mass is 35.5. The largest absolute Gasteiger partial charge is 0.342 e. The SMILES string of the molecule is CC(C)C[C@@H](NC(=O)c1ccc(Cl)cc1Cl)c1nc2ccccc2[nH]1. The van der Waals surface area contributed by atoms with Crippen LogP contribution in [0.5, 0.6) is 0 Å². The number of carbonyl (C=O) groups is 1. The summed E-state index contributed by atoms with van der Waals surface area (Å²) in [6.45, 7) is 4.22. The molecule has 3 aromatic rings. The number of carbonyl (C=O) groups excluding carboxylic acids is 1. The van der Waals surface area contributed by atoms with E-state index >= 15 is 0 Å². The number of nitrogens with zero attached hydrogens (tertiary/aromatic N) is 1. The van der Waals surface area contributed by atoms with Gasteiger partial charge in [0.15, 0.2) is 0 Å². The predicted molar refractivity (Wildman–Crippen MR) is 102 cm³/mol. The van der Waals surface area contributed by atoms with Crippen LogP contribution in [0.2, 0.25) is 10.0 Å². The van der Waals surface area contributed by atoms with E-state index in [0.29, 0.717) is 21.5 Å². The molecule has 1 amide bonds. The van der Waals surface area contributed by atoms with Crippen molar-refractivity contribution in [1.82, 2.24) is 15.3 Å². The van der Waals surface area contributed by atoms with E-state index in [4.69, 9.17) is 23.2 Å². The molecule has 6 heteroatoms. The fourth-order valence-electron chi connectivity index (χ4n) is 2.76. The third-order valence-electron chi connectivity index (χ3n) is 3.93. The van der Waals surface area contributed by atoms with Gasteiger partial charge in [-0.25, -0.2) is 4.98 Å². The zero-order valence-electron chi connectivity index (χ0n) is 14.0. The molecule has 0 bridgehead atoms. The van der Waals surface area contributed by atoms with Crippen LogP contribution in [0.3, 0.4) is 0 Å². The Morgan fingerprint density at radius 3 is 2.64 bits per heavy atom. The van der Waals surface area contributed by atoms with Gasteiger partial charge in [-0.15, -0.1) is 0 Å². The van der Waals surface area contributed by atoms with Crippen LogP contribution in [-0.4, -0.2) is 15.9 Å². The Morgan fingerprint density at radius 2 is 1.96 bits per heavy atom. The van der Waals surface area contributed by atoms with Crippen LogP contribution in [0.15, 0.2) is 42.5 Å². The molecule has 4 nitrogen and oxygen atoms in total. The smallest absolute Gasteiger partial charge is 0.253 e. The number of hydrogen-bond donors (Lipinski definition) is 2. The topological polar surface area (TPSA) is 57.8 Å². The van der Waals surface area contributed by atoms with E-state index in [9.17, 15) is 4.79 Å². The number of aromatic nitrogens is 2. The minimum atomic E-state index is -0.243. The molecule has 1 atom stereocenters. The van der Waals surface area contributed by atoms with Crippen LogP contribution < -0.4 is 5.32 Å². The maximum atomic E-state index is 12.7. The van der Waals surface area contributed by atoms with Gasteiger partial charge >= 0.3 is 0 Å². The van der Waals surface area contributed by atoms with Crippen LogP contribution in [0, 0.1) is 5.92 Å². The lowest BCUT2D eigenvalue weighted by Crippen LogP contribution is -2.30. The van der Waals surface area contributed by atoms with Gasteiger partial charge in [-0.2, -0.15) is 0 Å². The van der Waals surface area contributed by atoms with Crippen molar-refractivity contribution in [2.45, 2.75) is 26.3 Å². The minimum Gasteiger partial charge on any atom is -0.342 e. The number of imidazole rings is 1. The highest BCUT2D eigenvalue weighted by Crippen LogP contribution is 2.25. The highest BCUT2D eigenvalue weighted by Gasteiger charge is 2.21. The van der Waals surface area contributed by atoms with Crippen molar-refractivity contribution < 1.29 is 4.79 Å². The molecule has 25 heavy (non-hydrogen) atoms. The van der Waals surface area contributed by atoms with Crippen LogP contribution in [0.1, 0.15) is 42.5 Å². The number of halogens is 2. The molecular formula is C19H19Cl2N3O. The third kappa shape index (κ3) is 4.14. The normalized spacial score (nSPS) is 12.5. The quantitative estimate of drug-likeness (QED) is 0.628. The first-order chi connectivity index (χ1) is 11.9. The van der Waals surface area contributed by atoms with E-state index in [1.807, 2.05) is 24.3 Å². The number of aromatic amines is 1. The van der Waals surface area contributed by atoms with E-state index in [2.05, 4.69) is 29.1 Å². The fourth-order valence-corrected chi connectivity index (χ4v) is 3.25. The molecule has 0 spiro atoms. The number of nitrogens with one attached hydrogen (secondary N) is 2. The number of H-pyrrole nitrogens is 1. The van der Waals surface area contributed by atoms with Gasteiger partial charge in [0.2, 0.25) is 0 Å². The number of fused-ring (bicyclic) bond motifs is 1. The molecule has 0 aliphatic carbocycles. The molecular weight excluding hydrogens is 357 g/mol. The van der Waals surface area contributed by atoms with E-state index in [1.165, 1.54) is 0 Å². The molecule has 0 aliphatic heterocycles. The Hall–Kier alpha value is -2.04. The summed E-state index contributed by atoms with van der Waals surface area (Å²) in [6.07, 6.45) is 0.761. The third-order valence-corrected chi connectivity index (χ3v) is 4.47. The lowest BCUT2D eigenvalue weighted by atomic mass is 10.0. The molecule has 0 unspecified atom stereocenters. The molecule has 2 aromatic carbocycles. The lowest BCUT2D eigenvalue weighted by Gasteiger charge is -2.19. The molecule has 1 aromatic heterocycles. The van der Waals surface area contributed by atoms with Gasteiger partial charge in [0.1, 0.15) is 5.82 Å². The number of hydrogen-bond acceptors (Lipinski definition) is 2. The molecule has 1 heterocycles. The van der Waals surface area contributed by atoms with Gasteiger partial charge in [-0.1, -0.05) is 49.2 Å². The number of para-hydroxylation sites is 2. The Bertz CT molecular complexity index is 872. The zero-order valence-corrected chi connectivity index (χ0v) is 15.5. The fraction of sp³-hybridized carbons (Fsp3) is 0.263. The van der Waals surface area contributed by atoms with Crippen LogP contribution >= 0.6 is 23.2 Å². The van der Waals surface area contributed by atoms with Crippen LogP contribution in [0.4, 0.5) is 0 Å². The first-order valence-electron chi connectivity index (χ1n) is 8.14. The van der Waals surface area contributed by atoms with Crippen molar-refractivity contribution in [1.29, 1.82) is 0 Å². The standard InChI is InChI=1S/C19H19Cl2N3O/c1-11(2)9-17(18-22-15-5-3-4-6-16(15)23-18)24-19(25)13-8-7-12(20)10-14(13)21/h3-8,10-11,17H,9H2,1-2H3,(H,22,23)(H,24,25)/t17-/m1/s1. The summed E-state index contributed by atoms with van der Waals surface area (Å²) in [5, 5.41) is 3.87. The Labute approximate surface area is 156 Å². The molecule has 0 saturated carbocycles. The van der Waals surface area contributed by atoms with Crippen molar-refractivity contribution in [3.05, 3.63) is 63.9 Å². The van der Waals surface area contributed by atoms with Gasteiger partial charge in [0.25, 0.3) is 5.91 Å². The summed E-state index contributed by atoms with van der Waals surface area (Å²) in [5.74, 6) is 0.889. The Morgan fingerprint density at radius 1 is 1.20 bits per heavy atom. The maximum absolute atomic E-state index is 12.7. The molecule has 130 valence electrons. The Kier molecular flexibility index (Phi) is 5.30. The van der Waals surface area contributed by atoms with E-state index in [-0.39, 0.29) is 11.9 Å². The molecule has 0 fully saturated rings. The van der Waals surface area contributed by atoms with Crippen LogP contribution in [0.25, 0.3) is 11.0 Å². The number of amides is 1. The molecule has 2 N–H and O–H groups in total. The van der Waals surface area contributed by atoms with E-state index < -0.39 is 0 Å². The molecule has 0 radical (unpaired) electrons. The van der Waals surface area contributed by atoms with E-state index in [0.717, 1.165) is 23.3 Å². The number of benzene rings is 2. The highest BCUT2D eigenvalue weighted by molar-refractivity contribution is 6.36. The average Bonchev–Trinajstić information content (AvgIpc) is 2.97. The molecule has 3 rings (SSSR count). The monoisotopic (exact) mass is 375 g/mol. The zero-order chi connectivity index (χ0) is 18.0. The summed E-state index contributed by atoms with van der Waals surface area (Å²) in [5.41, 5.74) is 2.23. The lowest BCUT2D eigenvalue weighted by molar-refractivity contribution is 0.0930. The predicted octanol–water partition coefficient (Wildman–Crippen LogP) is 5.39. The van der Waals surface area contributed by atoms with Crippen molar-refractivity contribution in [2.75, 3.05) is 0 Å². The van der Waals surface area contributed by atoms with Crippen molar-refractivity contribution in [2.24, 2.45) is 5.92 Å². The van der Waals surface area contributed by atoms with Crippen LogP contribution in [-0.2, 0) is 0 Å². The van der Waals surface area contributed by atoms with E-state index in [1.54, 1.807) is 18.2 Å². The van der Waals surface area contributed by atoms with Gasteiger partial charge in [0.05, 0.1) is 27.7 Å². The summed E-state index contributed by atoms with van der Waals surface area (Å²) in [4.78, 5) is 20.6. The number of rotatable bonds is 5. The second kappa shape index (κ2) is 7.46. The molecule has 0 saturated heterocycles. The molecule has 0 aliphatic rings. The Balaban J connectivity index is 1.89. The van der Waals surface area contributed by atoms with Gasteiger partial charge < -0.3 is 10.3 Å². The van der Waals surface area contributed by atoms with Crippen molar-refractivity contribution in [3.63, 3.8) is 0 Å². The summed E-state index contributed by atoms with van der Waals surface area (Å²) in [7, 11) is 0. The average molecular weight is 376 g/mol. The van der Waals surface area contributed by atoms with Crippen molar-refractivity contribution >= 4 is 40.1 Å². The second-order valence-corrected chi connectivity index (χ2v) is 7.26.